The highest BCUT2D eigenvalue weighted by molar-refractivity contribution is 9.10. The third kappa shape index (κ3) is 2.55. The third-order valence-electron chi connectivity index (χ3n) is 4.22. The first-order chi connectivity index (χ1) is 9.78. The molecular weight excluding hydrogens is 333 g/mol. The molecule has 0 radical (unpaired) electrons. The van der Waals surface area contributed by atoms with E-state index >= 15 is 0 Å². The maximum atomic E-state index is 13.6. The Hall–Kier alpha value is -1.13. The summed E-state index contributed by atoms with van der Waals surface area (Å²) in [5.41, 5.74) is 3.90. The number of rotatable bonds is 1. The standard InChI is InChI=1S/C17H19BrFNO/c1-10-6-12-15(8-17(2,3)9-16(12)21)20(10)14-7-11(19)4-5-13(14)18/h4-7,16,21H,8-9H2,1-3H3. The van der Waals surface area contributed by atoms with E-state index in [4.69, 9.17) is 0 Å². The summed E-state index contributed by atoms with van der Waals surface area (Å²) in [5, 5.41) is 10.4. The lowest BCUT2D eigenvalue weighted by molar-refractivity contribution is 0.0987. The monoisotopic (exact) mass is 351 g/mol. The van der Waals surface area contributed by atoms with Gasteiger partial charge in [-0.15, -0.1) is 0 Å². The molecule has 0 saturated heterocycles. The molecule has 2 aromatic rings. The molecule has 21 heavy (non-hydrogen) atoms. The minimum Gasteiger partial charge on any atom is -0.388 e. The van der Waals surface area contributed by atoms with Crippen molar-refractivity contribution in [2.45, 2.75) is 39.7 Å². The fourth-order valence-corrected chi connectivity index (χ4v) is 3.76. The molecule has 4 heteroatoms. The molecule has 2 nitrogen and oxygen atoms in total. The van der Waals surface area contributed by atoms with Crippen LogP contribution in [0, 0.1) is 18.2 Å². The summed E-state index contributed by atoms with van der Waals surface area (Å²) < 4.78 is 16.6. The van der Waals surface area contributed by atoms with Crippen molar-refractivity contribution in [1.29, 1.82) is 0 Å². The van der Waals surface area contributed by atoms with Crippen LogP contribution in [0.1, 0.15) is 43.3 Å². The zero-order valence-electron chi connectivity index (χ0n) is 12.5. The maximum absolute atomic E-state index is 13.6. The molecule has 1 aromatic carbocycles. The number of fused-ring (bicyclic) bond motifs is 1. The average Bonchev–Trinajstić information content (AvgIpc) is 2.68. The van der Waals surface area contributed by atoms with Crippen LogP contribution in [0.25, 0.3) is 5.69 Å². The number of aromatic nitrogens is 1. The molecule has 1 unspecified atom stereocenters. The Morgan fingerprint density at radius 1 is 1.33 bits per heavy atom. The van der Waals surface area contributed by atoms with E-state index in [-0.39, 0.29) is 11.2 Å². The number of benzene rings is 1. The summed E-state index contributed by atoms with van der Waals surface area (Å²) in [6.45, 7) is 6.31. The van der Waals surface area contributed by atoms with Crippen LogP contribution >= 0.6 is 15.9 Å². The Morgan fingerprint density at radius 3 is 2.76 bits per heavy atom. The van der Waals surface area contributed by atoms with Gasteiger partial charge >= 0.3 is 0 Å². The molecule has 3 rings (SSSR count). The molecule has 1 aromatic heterocycles. The second-order valence-corrected chi connectivity index (χ2v) is 7.53. The van der Waals surface area contributed by atoms with Crippen LogP contribution in [0.15, 0.2) is 28.7 Å². The van der Waals surface area contributed by atoms with Gasteiger partial charge in [-0.1, -0.05) is 13.8 Å². The normalized spacial score (nSPS) is 20.4. The molecule has 0 fully saturated rings. The Morgan fingerprint density at radius 2 is 2.05 bits per heavy atom. The van der Waals surface area contributed by atoms with Gasteiger partial charge in [0.2, 0.25) is 0 Å². The van der Waals surface area contributed by atoms with Gasteiger partial charge in [-0.25, -0.2) is 4.39 Å². The van der Waals surface area contributed by atoms with Crippen molar-refractivity contribution in [3.63, 3.8) is 0 Å². The molecule has 112 valence electrons. The first-order valence-electron chi connectivity index (χ1n) is 7.13. The molecule has 0 saturated carbocycles. The summed E-state index contributed by atoms with van der Waals surface area (Å²) in [7, 11) is 0. The molecule has 0 aliphatic heterocycles. The van der Waals surface area contributed by atoms with Crippen molar-refractivity contribution in [3.05, 3.63) is 51.5 Å². The molecule has 0 spiro atoms. The van der Waals surface area contributed by atoms with Crippen molar-refractivity contribution >= 4 is 15.9 Å². The summed E-state index contributed by atoms with van der Waals surface area (Å²) >= 11 is 3.51. The molecule has 1 heterocycles. The first-order valence-corrected chi connectivity index (χ1v) is 7.92. The van der Waals surface area contributed by atoms with Gasteiger partial charge in [-0.2, -0.15) is 0 Å². The van der Waals surface area contributed by atoms with Gasteiger partial charge in [0.1, 0.15) is 5.82 Å². The highest BCUT2D eigenvalue weighted by Crippen LogP contribution is 2.43. The van der Waals surface area contributed by atoms with E-state index in [0.29, 0.717) is 0 Å². The molecule has 1 atom stereocenters. The van der Waals surface area contributed by atoms with Gasteiger partial charge in [-0.05, 0) is 65.4 Å². The zero-order chi connectivity index (χ0) is 15.4. The van der Waals surface area contributed by atoms with E-state index < -0.39 is 6.10 Å². The van der Waals surface area contributed by atoms with Crippen LogP contribution in [0.3, 0.4) is 0 Å². The second-order valence-electron chi connectivity index (χ2n) is 6.68. The number of hydrogen-bond donors (Lipinski definition) is 1. The number of halogens is 2. The van der Waals surface area contributed by atoms with Crippen LogP contribution in [0.2, 0.25) is 0 Å². The predicted octanol–water partition coefficient (Wildman–Crippen LogP) is 4.69. The minimum absolute atomic E-state index is 0.0365. The van der Waals surface area contributed by atoms with Crippen molar-refractivity contribution in [2.75, 3.05) is 0 Å². The fourth-order valence-electron chi connectivity index (χ4n) is 3.34. The molecule has 1 N–H and O–H groups in total. The average molecular weight is 352 g/mol. The van der Waals surface area contributed by atoms with Crippen LogP contribution < -0.4 is 0 Å². The van der Waals surface area contributed by atoms with Gasteiger partial charge < -0.3 is 9.67 Å². The van der Waals surface area contributed by atoms with Crippen LogP contribution in [0.5, 0.6) is 0 Å². The van der Waals surface area contributed by atoms with Crippen molar-refractivity contribution in [3.8, 4) is 5.69 Å². The van der Waals surface area contributed by atoms with Crippen molar-refractivity contribution in [1.82, 2.24) is 4.57 Å². The number of aliphatic hydroxyl groups excluding tert-OH is 1. The third-order valence-corrected chi connectivity index (χ3v) is 4.89. The van der Waals surface area contributed by atoms with Crippen LogP contribution in [-0.2, 0) is 6.42 Å². The Balaban J connectivity index is 2.23. The summed E-state index contributed by atoms with van der Waals surface area (Å²) in [6, 6.07) is 6.72. The second kappa shape index (κ2) is 4.96. The highest BCUT2D eigenvalue weighted by atomic mass is 79.9. The largest absolute Gasteiger partial charge is 0.388 e. The van der Waals surface area contributed by atoms with E-state index in [9.17, 15) is 9.50 Å². The fraction of sp³-hybridized carbons (Fsp3) is 0.412. The van der Waals surface area contributed by atoms with E-state index in [1.807, 2.05) is 13.0 Å². The lowest BCUT2D eigenvalue weighted by Crippen LogP contribution is -2.26. The maximum Gasteiger partial charge on any atom is 0.125 e. The number of aryl methyl sites for hydroxylation is 1. The van der Waals surface area contributed by atoms with Gasteiger partial charge in [0.15, 0.2) is 0 Å². The van der Waals surface area contributed by atoms with E-state index in [2.05, 4.69) is 34.3 Å². The summed E-state index contributed by atoms with van der Waals surface area (Å²) in [4.78, 5) is 0. The molecule has 0 bridgehead atoms. The van der Waals surface area contributed by atoms with Crippen molar-refractivity contribution < 1.29 is 9.50 Å². The SMILES string of the molecule is Cc1cc2c(n1-c1cc(F)ccc1Br)CC(C)(C)CC2O. The topological polar surface area (TPSA) is 25.2 Å². The summed E-state index contributed by atoms with van der Waals surface area (Å²) in [6.07, 6.45) is 1.18. The number of aliphatic hydroxyl groups is 1. The van der Waals surface area contributed by atoms with Gasteiger partial charge in [-0.3, -0.25) is 0 Å². The smallest absolute Gasteiger partial charge is 0.125 e. The van der Waals surface area contributed by atoms with Gasteiger partial charge in [0.25, 0.3) is 0 Å². The Bertz CT molecular complexity index is 705. The number of nitrogens with zero attached hydrogens (tertiary/aromatic N) is 1. The quantitative estimate of drug-likeness (QED) is 0.791. The van der Waals surface area contributed by atoms with Gasteiger partial charge in [0.05, 0.1) is 11.8 Å². The molecule has 1 aliphatic rings. The van der Waals surface area contributed by atoms with Crippen LogP contribution in [-0.4, -0.2) is 9.67 Å². The Kier molecular flexibility index (Phi) is 3.49. The first kappa shape index (κ1) is 14.8. The van der Waals surface area contributed by atoms with E-state index in [0.717, 1.165) is 40.0 Å². The Labute approximate surface area is 132 Å². The van der Waals surface area contributed by atoms with Crippen molar-refractivity contribution in [2.24, 2.45) is 5.41 Å². The lowest BCUT2D eigenvalue weighted by atomic mass is 9.75. The van der Waals surface area contributed by atoms with E-state index in [1.165, 1.54) is 12.1 Å². The van der Waals surface area contributed by atoms with Gasteiger partial charge in [0, 0.05) is 21.4 Å². The number of hydrogen-bond acceptors (Lipinski definition) is 1. The molecule has 0 amide bonds. The lowest BCUT2D eigenvalue weighted by Gasteiger charge is -2.34. The molecule has 1 aliphatic carbocycles. The predicted molar refractivity (Wildman–Crippen MR) is 85.2 cm³/mol. The molecular formula is C17H19BrFNO. The van der Waals surface area contributed by atoms with E-state index in [1.54, 1.807) is 6.07 Å². The minimum atomic E-state index is -0.448. The van der Waals surface area contributed by atoms with Crippen LogP contribution in [0.4, 0.5) is 4.39 Å². The summed E-state index contributed by atoms with van der Waals surface area (Å²) in [5.74, 6) is -0.259. The highest BCUT2D eigenvalue weighted by Gasteiger charge is 2.34. The zero-order valence-corrected chi connectivity index (χ0v) is 14.0.